The largest absolute Gasteiger partial charge is 0.351 e. The minimum Gasteiger partial charge on any atom is -0.351 e. The molecule has 0 amide bonds. The number of anilines is 1. The molecule has 1 aromatic heterocycles. The highest BCUT2D eigenvalue weighted by Crippen LogP contribution is 2.31. The number of aromatic nitrogens is 2. The van der Waals surface area contributed by atoms with Crippen LogP contribution in [0.4, 0.5) is 14.7 Å². The summed E-state index contributed by atoms with van der Waals surface area (Å²) < 4.78 is 28.7. The molecule has 0 unspecified atom stereocenters. The highest BCUT2D eigenvalue weighted by Gasteiger charge is 2.19. The molecule has 4 nitrogen and oxygen atoms in total. The van der Waals surface area contributed by atoms with E-state index in [9.17, 15) is 8.78 Å². The first-order chi connectivity index (χ1) is 12.2. The number of fused-ring (bicyclic) bond motifs is 1. The van der Waals surface area contributed by atoms with E-state index in [4.69, 9.17) is 0 Å². The summed E-state index contributed by atoms with van der Waals surface area (Å²) in [6, 6.07) is 11.4. The molecule has 128 valence electrons. The van der Waals surface area contributed by atoms with Gasteiger partial charge >= 0.3 is 0 Å². The molecule has 1 saturated heterocycles. The molecule has 0 atom stereocenters. The molecule has 0 bridgehead atoms. The zero-order valence-corrected chi connectivity index (χ0v) is 13.6. The Balaban J connectivity index is 1.84. The maximum absolute atomic E-state index is 14.3. The van der Waals surface area contributed by atoms with Crippen LogP contribution in [0.1, 0.15) is 12.8 Å². The van der Waals surface area contributed by atoms with Gasteiger partial charge in [0.2, 0.25) is 5.95 Å². The van der Waals surface area contributed by atoms with Crippen LogP contribution in [0.3, 0.4) is 0 Å². The van der Waals surface area contributed by atoms with E-state index in [-0.39, 0.29) is 17.3 Å². The molecule has 6 heteroatoms. The van der Waals surface area contributed by atoms with E-state index in [1.54, 1.807) is 6.07 Å². The quantitative estimate of drug-likeness (QED) is 0.763. The van der Waals surface area contributed by atoms with E-state index in [2.05, 4.69) is 20.6 Å². The zero-order valence-electron chi connectivity index (χ0n) is 13.6. The van der Waals surface area contributed by atoms with E-state index in [1.807, 2.05) is 18.2 Å². The molecule has 0 spiro atoms. The summed E-state index contributed by atoms with van der Waals surface area (Å²) in [6.07, 6.45) is 1.92. The van der Waals surface area contributed by atoms with Gasteiger partial charge in [-0.1, -0.05) is 24.3 Å². The van der Waals surface area contributed by atoms with Gasteiger partial charge in [0.1, 0.15) is 11.6 Å². The van der Waals surface area contributed by atoms with E-state index in [1.165, 1.54) is 18.2 Å². The van der Waals surface area contributed by atoms with Crippen molar-refractivity contribution in [2.45, 2.75) is 18.9 Å². The third kappa shape index (κ3) is 3.17. The number of halogens is 2. The Kier molecular flexibility index (Phi) is 4.28. The van der Waals surface area contributed by atoms with Crippen molar-refractivity contribution in [2.75, 3.05) is 18.4 Å². The van der Waals surface area contributed by atoms with Gasteiger partial charge in [0.25, 0.3) is 0 Å². The van der Waals surface area contributed by atoms with Gasteiger partial charge in [0.05, 0.1) is 16.8 Å². The number of benzene rings is 2. The average molecular weight is 340 g/mol. The Labute approximate surface area is 144 Å². The fourth-order valence-corrected chi connectivity index (χ4v) is 3.20. The molecule has 1 aliphatic heterocycles. The summed E-state index contributed by atoms with van der Waals surface area (Å²) >= 11 is 0. The number of hydrogen-bond donors (Lipinski definition) is 2. The Morgan fingerprint density at radius 3 is 2.40 bits per heavy atom. The molecular weight excluding hydrogens is 322 g/mol. The van der Waals surface area contributed by atoms with Crippen molar-refractivity contribution in [1.29, 1.82) is 0 Å². The van der Waals surface area contributed by atoms with Gasteiger partial charge in [0.15, 0.2) is 0 Å². The van der Waals surface area contributed by atoms with Gasteiger partial charge in [-0.25, -0.2) is 18.7 Å². The molecule has 25 heavy (non-hydrogen) atoms. The predicted octanol–water partition coefficient (Wildman–Crippen LogP) is 3.74. The highest BCUT2D eigenvalue weighted by atomic mass is 19.1. The van der Waals surface area contributed by atoms with Crippen LogP contribution in [0, 0.1) is 11.6 Å². The average Bonchev–Trinajstić information content (AvgIpc) is 2.62. The monoisotopic (exact) mass is 340 g/mol. The van der Waals surface area contributed by atoms with Gasteiger partial charge in [-0.2, -0.15) is 0 Å². The molecule has 2 heterocycles. The number of nitrogens with zero attached hydrogens (tertiary/aromatic N) is 2. The van der Waals surface area contributed by atoms with Crippen LogP contribution in [0.25, 0.3) is 22.2 Å². The first kappa shape index (κ1) is 15.9. The minimum atomic E-state index is -0.628. The molecule has 0 radical (unpaired) electrons. The smallest absolute Gasteiger partial charge is 0.224 e. The Morgan fingerprint density at radius 1 is 0.920 bits per heavy atom. The number of nitrogens with one attached hydrogen (secondary N) is 2. The second kappa shape index (κ2) is 6.72. The van der Waals surface area contributed by atoms with Crippen molar-refractivity contribution in [2.24, 2.45) is 0 Å². The topological polar surface area (TPSA) is 49.8 Å². The fourth-order valence-electron chi connectivity index (χ4n) is 3.20. The van der Waals surface area contributed by atoms with Crippen LogP contribution in [0.5, 0.6) is 0 Å². The lowest BCUT2D eigenvalue weighted by atomic mass is 10.0. The predicted molar refractivity (Wildman–Crippen MR) is 94.4 cm³/mol. The van der Waals surface area contributed by atoms with E-state index >= 15 is 0 Å². The van der Waals surface area contributed by atoms with Gasteiger partial charge in [-0.3, -0.25) is 0 Å². The number of para-hydroxylation sites is 1. The molecule has 3 aromatic rings. The Bertz CT molecular complexity index is 887. The van der Waals surface area contributed by atoms with Crippen molar-refractivity contribution in [1.82, 2.24) is 15.3 Å². The minimum absolute atomic E-state index is 0.116. The molecule has 2 aromatic carbocycles. The molecule has 2 N–H and O–H groups in total. The Hall–Kier alpha value is -2.60. The van der Waals surface area contributed by atoms with Crippen LogP contribution < -0.4 is 10.6 Å². The second-order valence-corrected chi connectivity index (χ2v) is 6.18. The molecular formula is C19H18F2N4. The van der Waals surface area contributed by atoms with Crippen molar-refractivity contribution in [3.8, 4) is 11.3 Å². The fraction of sp³-hybridized carbons (Fsp3) is 0.263. The van der Waals surface area contributed by atoms with Gasteiger partial charge in [-0.05, 0) is 44.1 Å². The summed E-state index contributed by atoms with van der Waals surface area (Å²) in [5.74, 6) is -0.850. The van der Waals surface area contributed by atoms with Crippen molar-refractivity contribution < 1.29 is 8.78 Å². The lowest BCUT2D eigenvalue weighted by Gasteiger charge is -2.24. The normalized spacial score (nSPS) is 15.4. The van der Waals surface area contributed by atoms with Gasteiger partial charge in [0, 0.05) is 11.4 Å². The SMILES string of the molecule is Fc1cccc(F)c1-c1nc(NC2CCNCC2)nc2ccccc12. The number of hydrogen-bond acceptors (Lipinski definition) is 4. The second-order valence-electron chi connectivity index (χ2n) is 6.18. The molecule has 1 aliphatic rings. The van der Waals surface area contributed by atoms with Crippen LogP contribution in [0.2, 0.25) is 0 Å². The highest BCUT2D eigenvalue weighted by molar-refractivity contribution is 5.93. The standard InChI is InChI=1S/C19H18F2N4/c20-14-5-3-6-15(21)17(14)18-13-4-1-2-7-16(13)24-19(25-18)23-12-8-10-22-11-9-12/h1-7,12,22H,8-11H2,(H,23,24,25). The molecule has 1 fully saturated rings. The number of rotatable bonds is 3. The third-order valence-electron chi connectivity index (χ3n) is 4.48. The third-order valence-corrected chi connectivity index (χ3v) is 4.48. The summed E-state index contributed by atoms with van der Waals surface area (Å²) in [4.78, 5) is 8.99. The molecule has 0 saturated carbocycles. The summed E-state index contributed by atoms with van der Waals surface area (Å²) in [6.45, 7) is 1.86. The molecule has 4 rings (SSSR count). The summed E-state index contributed by atoms with van der Waals surface area (Å²) in [5, 5.41) is 7.24. The van der Waals surface area contributed by atoms with Crippen LogP contribution in [-0.4, -0.2) is 29.1 Å². The lowest BCUT2D eigenvalue weighted by Crippen LogP contribution is -2.35. The Morgan fingerprint density at radius 2 is 1.64 bits per heavy atom. The van der Waals surface area contributed by atoms with Gasteiger partial charge in [-0.15, -0.1) is 0 Å². The summed E-state index contributed by atoms with van der Waals surface area (Å²) in [7, 11) is 0. The van der Waals surface area contributed by atoms with Gasteiger partial charge < -0.3 is 10.6 Å². The molecule has 0 aliphatic carbocycles. The maximum atomic E-state index is 14.3. The van der Waals surface area contributed by atoms with Crippen LogP contribution in [-0.2, 0) is 0 Å². The first-order valence-electron chi connectivity index (χ1n) is 8.41. The van der Waals surface area contributed by atoms with E-state index in [0.29, 0.717) is 16.9 Å². The lowest BCUT2D eigenvalue weighted by molar-refractivity contribution is 0.477. The van der Waals surface area contributed by atoms with Crippen LogP contribution in [0.15, 0.2) is 42.5 Å². The maximum Gasteiger partial charge on any atom is 0.224 e. The van der Waals surface area contributed by atoms with Crippen molar-refractivity contribution in [3.63, 3.8) is 0 Å². The van der Waals surface area contributed by atoms with Crippen molar-refractivity contribution >= 4 is 16.9 Å². The van der Waals surface area contributed by atoms with Crippen LogP contribution >= 0.6 is 0 Å². The first-order valence-corrected chi connectivity index (χ1v) is 8.41. The van der Waals surface area contributed by atoms with E-state index < -0.39 is 11.6 Å². The zero-order chi connectivity index (χ0) is 17.2. The van der Waals surface area contributed by atoms with E-state index in [0.717, 1.165) is 25.9 Å². The summed E-state index contributed by atoms with van der Waals surface area (Å²) in [5.41, 5.74) is 0.818. The number of piperidine rings is 1. The van der Waals surface area contributed by atoms with Crippen molar-refractivity contribution in [3.05, 3.63) is 54.1 Å².